The number of aryl methyl sites for hydroxylation is 1. The Kier molecular flexibility index (Phi) is 11.4. The van der Waals surface area contributed by atoms with Crippen molar-refractivity contribution < 1.29 is 14.4 Å². The molecule has 248 valence electrons. The molecule has 3 aliphatic rings. The van der Waals surface area contributed by atoms with E-state index in [4.69, 9.17) is 21.4 Å². The van der Waals surface area contributed by atoms with Crippen LogP contribution in [0.25, 0.3) is 0 Å². The Morgan fingerprint density at radius 3 is 2.74 bits per heavy atom. The van der Waals surface area contributed by atoms with Crippen molar-refractivity contribution in [2.75, 3.05) is 34.3 Å². The Morgan fingerprint density at radius 2 is 2.09 bits per heavy atom. The van der Waals surface area contributed by atoms with Crippen molar-refractivity contribution in [2.45, 2.75) is 82.7 Å². The minimum Gasteiger partial charge on any atom is -0.399 e. The number of nitrogen functional groups attached to an aromatic ring is 1. The number of nitrogens with one attached hydrogen (secondary N) is 2. The Morgan fingerprint density at radius 1 is 1.33 bits per heavy atom. The highest BCUT2D eigenvalue weighted by atomic mass is 16.7. The summed E-state index contributed by atoms with van der Waals surface area (Å²) in [6.07, 6.45) is 8.60. The molecule has 1 saturated carbocycles. The largest absolute Gasteiger partial charge is 0.399 e. The maximum absolute atomic E-state index is 13.4. The van der Waals surface area contributed by atoms with E-state index >= 15 is 0 Å². The zero-order chi connectivity index (χ0) is 33.6. The lowest BCUT2D eigenvalue weighted by Crippen LogP contribution is -2.50. The van der Waals surface area contributed by atoms with Gasteiger partial charge in [-0.05, 0) is 107 Å². The summed E-state index contributed by atoms with van der Waals surface area (Å²) in [6, 6.07) is 7.92. The quantitative estimate of drug-likeness (QED) is 0.0399. The number of hydrogen-bond acceptors (Lipinski definition) is 8. The van der Waals surface area contributed by atoms with Gasteiger partial charge in [-0.1, -0.05) is 29.9 Å². The summed E-state index contributed by atoms with van der Waals surface area (Å²) in [4.78, 5) is 38.3. The van der Waals surface area contributed by atoms with Gasteiger partial charge in [0.1, 0.15) is 11.9 Å². The highest BCUT2D eigenvalue weighted by Crippen LogP contribution is 2.47. The number of piperidine rings is 1. The van der Waals surface area contributed by atoms with Crippen LogP contribution in [0.5, 0.6) is 0 Å². The normalized spacial score (nSPS) is 24.4. The summed E-state index contributed by atoms with van der Waals surface area (Å²) >= 11 is 0. The van der Waals surface area contributed by atoms with Crippen LogP contribution in [-0.4, -0.2) is 74.0 Å². The summed E-state index contributed by atoms with van der Waals surface area (Å²) in [5.74, 6) is 6.37. The summed E-state index contributed by atoms with van der Waals surface area (Å²) in [7, 11) is 5.23. The van der Waals surface area contributed by atoms with Crippen LogP contribution >= 0.6 is 0 Å². The number of hydroxylamine groups is 2. The summed E-state index contributed by atoms with van der Waals surface area (Å²) in [5.41, 5.74) is 14.0. The SMILES string of the molecule is C=C(N)/C(C)=C/CCC1=C(C)C(CCNCC(=O)N2C(C#N)CCC3CC32)(C(=NC)N(C)OC)c2ccc(C(=O)NN)cc2CC1. The fourth-order valence-electron chi connectivity index (χ4n) is 7.41. The fraction of sp³-hybridized carbons (Fsp3) is 0.543. The molecular formula is C35H50N8O3. The second-order valence-electron chi connectivity index (χ2n) is 12.7. The molecule has 4 rings (SSSR count). The Bertz CT molecular complexity index is 1470. The van der Waals surface area contributed by atoms with E-state index < -0.39 is 5.41 Å². The zero-order valence-electron chi connectivity index (χ0n) is 28.0. The molecule has 0 radical (unpaired) electrons. The minimum absolute atomic E-state index is 0.0264. The number of aliphatic imine (C=N–C) groups is 1. The lowest BCUT2D eigenvalue weighted by molar-refractivity contribution is -0.133. The number of fused-ring (bicyclic) bond motifs is 2. The van der Waals surface area contributed by atoms with Crippen LogP contribution < -0.4 is 22.3 Å². The highest BCUT2D eigenvalue weighted by Gasteiger charge is 2.50. The Labute approximate surface area is 273 Å². The standard InChI is InChI=1S/C35H50N8O3/c1-22(24(3)37)8-7-9-25-10-11-26-18-28(33(45)41-38)13-15-30(26)35(23(25)2,34(39-4)42(5)46-6)16-17-40-21-32(44)43-29(20-36)14-12-27-19-31(27)43/h8,13,15,18,27,29,31,40H,3,7,9-12,14,16-17,19,21,37-38H2,1-2,4-6H3,(H,41,45)/b22-8+,39-34?. The zero-order valence-corrected chi connectivity index (χ0v) is 28.0. The van der Waals surface area contributed by atoms with E-state index in [0.29, 0.717) is 30.1 Å². The van der Waals surface area contributed by atoms with Gasteiger partial charge < -0.3 is 16.0 Å². The fourth-order valence-corrected chi connectivity index (χ4v) is 7.41. The van der Waals surface area contributed by atoms with Crippen LogP contribution in [0.2, 0.25) is 0 Å². The molecule has 46 heavy (non-hydrogen) atoms. The molecular weight excluding hydrogens is 580 g/mol. The molecule has 0 aromatic heterocycles. The number of carbonyl (C=O) groups excluding carboxylic acids is 2. The van der Waals surface area contributed by atoms with Crippen molar-refractivity contribution in [3.63, 3.8) is 0 Å². The number of likely N-dealkylation sites (tertiary alicyclic amines) is 1. The maximum Gasteiger partial charge on any atom is 0.265 e. The number of amidine groups is 1. The topological polar surface area (TPSA) is 162 Å². The minimum atomic E-state index is -0.730. The number of amides is 2. The van der Waals surface area contributed by atoms with Crippen molar-refractivity contribution in [3.05, 3.63) is 70.0 Å². The van der Waals surface area contributed by atoms with Gasteiger partial charge in [0.05, 0.1) is 25.1 Å². The average Bonchev–Trinajstić information content (AvgIpc) is 3.86. The number of nitrogens with two attached hydrogens (primary N) is 2. The molecule has 4 atom stereocenters. The monoisotopic (exact) mass is 630 g/mol. The third-order valence-corrected chi connectivity index (χ3v) is 10.2. The lowest BCUT2D eigenvalue weighted by Gasteiger charge is -2.41. The van der Waals surface area contributed by atoms with Gasteiger partial charge in [-0.25, -0.2) is 10.9 Å². The molecule has 4 unspecified atom stereocenters. The Balaban J connectivity index is 1.73. The van der Waals surface area contributed by atoms with Gasteiger partial charge in [0, 0.05) is 31.4 Å². The van der Waals surface area contributed by atoms with E-state index in [1.165, 1.54) is 11.1 Å². The maximum atomic E-state index is 13.4. The molecule has 2 fully saturated rings. The molecule has 1 aromatic carbocycles. The predicted molar refractivity (Wildman–Crippen MR) is 180 cm³/mol. The number of hydrazine groups is 1. The van der Waals surface area contributed by atoms with Gasteiger partial charge in [-0.3, -0.25) is 24.8 Å². The average molecular weight is 631 g/mol. The third-order valence-electron chi connectivity index (χ3n) is 10.2. The van der Waals surface area contributed by atoms with Crippen molar-refractivity contribution in [2.24, 2.45) is 22.5 Å². The first-order valence-corrected chi connectivity index (χ1v) is 16.2. The predicted octanol–water partition coefficient (Wildman–Crippen LogP) is 3.39. The van der Waals surface area contributed by atoms with Crippen molar-refractivity contribution in [1.29, 1.82) is 5.26 Å². The van der Waals surface area contributed by atoms with Gasteiger partial charge in [0.25, 0.3) is 5.91 Å². The van der Waals surface area contributed by atoms with Gasteiger partial charge in [-0.2, -0.15) is 5.26 Å². The summed E-state index contributed by atoms with van der Waals surface area (Å²) in [5, 5.41) is 14.8. The van der Waals surface area contributed by atoms with Crippen LogP contribution in [-0.2, 0) is 21.5 Å². The van der Waals surface area contributed by atoms with E-state index in [2.05, 4.69) is 36.4 Å². The molecule has 11 nitrogen and oxygen atoms in total. The number of likely N-dealkylation sites (N-methyl/N-ethyl adjacent to an activating group) is 1. The molecule has 2 aliphatic carbocycles. The lowest BCUT2D eigenvalue weighted by atomic mass is 9.68. The second kappa shape index (κ2) is 15.1. The van der Waals surface area contributed by atoms with Crippen molar-refractivity contribution >= 4 is 17.6 Å². The van der Waals surface area contributed by atoms with E-state index in [0.717, 1.165) is 67.5 Å². The summed E-state index contributed by atoms with van der Waals surface area (Å²) in [6.45, 7) is 8.66. The molecule has 1 aliphatic heterocycles. The first-order chi connectivity index (χ1) is 22.0. The van der Waals surface area contributed by atoms with Crippen molar-refractivity contribution in [1.82, 2.24) is 20.7 Å². The van der Waals surface area contributed by atoms with E-state index in [9.17, 15) is 14.9 Å². The molecule has 1 aromatic rings. The molecule has 2 amide bonds. The number of rotatable bonds is 12. The van der Waals surface area contributed by atoms with Gasteiger partial charge in [-0.15, -0.1) is 0 Å². The number of carbonyl (C=O) groups is 2. The van der Waals surface area contributed by atoms with Gasteiger partial charge in [0.15, 0.2) is 0 Å². The molecule has 0 spiro atoms. The number of hydrogen-bond donors (Lipinski definition) is 4. The van der Waals surface area contributed by atoms with E-state index in [1.54, 1.807) is 25.3 Å². The van der Waals surface area contributed by atoms with Gasteiger partial charge >= 0.3 is 0 Å². The van der Waals surface area contributed by atoms with Gasteiger partial charge in [0.2, 0.25) is 5.91 Å². The number of benzene rings is 1. The van der Waals surface area contributed by atoms with Crippen molar-refractivity contribution in [3.8, 4) is 6.07 Å². The van der Waals surface area contributed by atoms with Crippen LogP contribution in [0.3, 0.4) is 0 Å². The summed E-state index contributed by atoms with van der Waals surface area (Å²) < 4.78 is 0. The smallest absolute Gasteiger partial charge is 0.265 e. The highest BCUT2D eigenvalue weighted by molar-refractivity contribution is 5.98. The van der Waals surface area contributed by atoms with Crippen LogP contribution in [0.1, 0.15) is 80.3 Å². The Hall–Kier alpha value is -3.98. The number of nitrogens with zero attached hydrogens (tertiary/aromatic N) is 4. The first-order valence-electron chi connectivity index (χ1n) is 16.2. The van der Waals surface area contributed by atoms with Crippen LogP contribution in [0.15, 0.2) is 58.3 Å². The number of nitriles is 1. The first kappa shape index (κ1) is 34.9. The van der Waals surface area contributed by atoms with E-state index in [-0.39, 0.29) is 30.4 Å². The van der Waals surface area contributed by atoms with E-state index in [1.807, 2.05) is 31.0 Å². The van der Waals surface area contributed by atoms with Crippen LogP contribution in [0.4, 0.5) is 0 Å². The molecule has 6 N–H and O–H groups in total. The second-order valence-corrected chi connectivity index (χ2v) is 12.7. The molecule has 1 heterocycles. The molecule has 0 bridgehead atoms. The van der Waals surface area contributed by atoms with Crippen LogP contribution in [0, 0.1) is 17.2 Å². The molecule has 1 saturated heterocycles. The third kappa shape index (κ3) is 7.04. The molecule has 11 heteroatoms. The number of allylic oxidation sites excluding steroid dienone is 3.